The van der Waals surface area contributed by atoms with Crippen LogP contribution in [0.15, 0.2) is 36.5 Å². The van der Waals surface area contributed by atoms with Gasteiger partial charge in [0.05, 0.1) is 5.56 Å². The summed E-state index contributed by atoms with van der Waals surface area (Å²) in [6.07, 6.45) is -3.27. The van der Waals surface area contributed by atoms with Crippen molar-refractivity contribution >= 4 is 46.4 Å². The molecule has 0 fully saturated rings. The molecule has 0 saturated heterocycles. The van der Waals surface area contributed by atoms with Gasteiger partial charge in [-0.1, -0.05) is 36.2 Å². The van der Waals surface area contributed by atoms with E-state index in [-0.39, 0.29) is 16.8 Å². The Morgan fingerprint density at radius 3 is 2.44 bits per heavy atom. The molecule has 0 aliphatic rings. The standard InChI is InChI=1S/C16H14Cl2F3N3S/c1-9(13-11(17)5-2-6-12(13)18)8-23-15(25)24-14-10(16(19,20)21)4-3-7-22-14/h2-7,9H,8H2,1H3,(H2,22,23,24,25). The zero-order valence-electron chi connectivity index (χ0n) is 13.0. The number of nitrogens with zero attached hydrogens (tertiary/aromatic N) is 1. The normalized spacial score (nSPS) is 12.6. The van der Waals surface area contributed by atoms with Gasteiger partial charge in [-0.05, 0) is 42.0 Å². The molecule has 134 valence electrons. The van der Waals surface area contributed by atoms with E-state index in [0.717, 1.165) is 11.6 Å². The first-order valence-corrected chi connectivity index (χ1v) is 8.37. The molecule has 2 aromatic rings. The van der Waals surface area contributed by atoms with E-state index in [1.54, 1.807) is 18.2 Å². The predicted octanol–water partition coefficient (Wildman–Crippen LogP) is 5.50. The van der Waals surface area contributed by atoms with Crippen LogP contribution in [0, 0.1) is 0 Å². The van der Waals surface area contributed by atoms with E-state index in [2.05, 4.69) is 15.6 Å². The molecule has 0 aliphatic heterocycles. The molecule has 0 radical (unpaired) electrons. The molecule has 0 aliphatic carbocycles. The fourth-order valence-corrected chi connectivity index (χ4v) is 3.16. The van der Waals surface area contributed by atoms with Gasteiger partial charge in [0, 0.05) is 28.7 Å². The molecule has 2 N–H and O–H groups in total. The van der Waals surface area contributed by atoms with Gasteiger partial charge in [-0.25, -0.2) is 4.98 Å². The molecule has 2 rings (SSSR count). The number of aromatic nitrogens is 1. The van der Waals surface area contributed by atoms with Crippen molar-refractivity contribution in [3.8, 4) is 0 Å². The molecular formula is C16H14Cl2F3N3S. The van der Waals surface area contributed by atoms with E-state index in [9.17, 15) is 13.2 Å². The van der Waals surface area contributed by atoms with Crippen LogP contribution in [-0.2, 0) is 6.18 Å². The average Bonchev–Trinajstić information content (AvgIpc) is 2.52. The van der Waals surface area contributed by atoms with Crippen LogP contribution in [0.1, 0.15) is 24.0 Å². The summed E-state index contributed by atoms with van der Waals surface area (Å²) in [5.74, 6) is -0.456. The Balaban J connectivity index is 2.03. The van der Waals surface area contributed by atoms with E-state index in [1.165, 1.54) is 12.3 Å². The third-order valence-corrected chi connectivity index (χ3v) is 4.31. The lowest BCUT2D eigenvalue weighted by atomic mass is 10.0. The van der Waals surface area contributed by atoms with E-state index in [4.69, 9.17) is 35.4 Å². The number of hydrogen-bond acceptors (Lipinski definition) is 2. The van der Waals surface area contributed by atoms with Crippen LogP contribution in [0.25, 0.3) is 0 Å². The number of anilines is 1. The van der Waals surface area contributed by atoms with Gasteiger partial charge in [0.1, 0.15) is 5.82 Å². The molecule has 0 saturated carbocycles. The summed E-state index contributed by atoms with van der Waals surface area (Å²) in [5.41, 5.74) is -0.142. The maximum Gasteiger partial charge on any atom is 0.419 e. The van der Waals surface area contributed by atoms with Crippen molar-refractivity contribution in [1.82, 2.24) is 10.3 Å². The van der Waals surface area contributed by atoms with Gasteiger partial charge in [-0.3, -0.25) is 0 Å². The lowest BCUT2D eigenvalue weighted by Gasteiger charge is -2.18. The second kappa shape index (κ2) is 8.21. The minimum atomic E-state index is -4.52. The summed E-state index contributed by atoms with van der Waals surface area (Å²) < 4.78 is 38.9. The second-order valence-corrected chi connectivity index (χ2v) is 6.49. The number of rotatable bonds is 4. The van der Waals surface area contributed by atoms with Gasteiger partial charge in [0.15, 0.2) is 5.11 Å². The van der Waals surface area contributed by atoms with Crippen molar-refractivity contribution < 1.29 is 13.2 Å². The quantitative estimate of drug-likeness (QED) is 0.656. The Labute approximate surface area is 158 Å². The minimum absolute atomic E-state index is 0.0271. The molecule has 1 aromatic carbocycles. The Kier molecular flexibility index (Phi) is 6.48. The molecule has 1 aromatic heterocycles. The van der Waals surface area contributed by atoms with Crippen LogP contribution in [0.5, 0.6) is 0 Å². The van der Waals surface area contributed by atoms with E-state index >= 15 is 0 Å². The van der Waals surface area contributed by atoms with Crippen LogP contribution < -0.4 is 10.6 Å². The monoisotopic (exact) mass is 407 g/mol. The van der Waals surface area contributed by atoms with Crippen LogP contribution >= 0.6 is 35.4 Å². The largest absolute Gasteiger partial charge is 0.419 e. The minimum Gasteiger partial charge on any atom is -0.362 e. The second-order valence-electron chi connectivity index (χ2n) is 5.27. The number of alkyl halides is 3. The van der Waals surface area contributed by atoms with Crippen LogP contribution in [0.3, 0.4) is 0 Å². The SMILES string of the molecule is CC(CNC(=S)Nc1ncccc1C(F)(F)F)c1c(Cl)cccc1Cl. The van der Waals surface area contributed by atoms with Crippen molar-refractivity contribution in [2.75, 3.05) is 11.9 Å². The summed E-state index contributed by atoms with van der Waals surface area (Å²) >= 11 is 17.3. The highest BCUT2D eigenvalue weighted by Crippen LogP contribution is 2.33. The molecule has 1 atom stereocenters. The van der Waals surface area contributed by atoms with Crippen molar-refractivity contribution in [2.24, 2.45) is 0 Å². The van der Waals surface area contributed by atoms with E-state index < -0.39 is 11.7 Å². The Hall–Kier alpha value is -1.57. The van der Waals surface area contributed by atoms with Gasteiger partial charge in [0.25, 0.3) is 0 Å². The zero-order chi connectivity index (χ0) is 18.6. The Bertz CT molecular complexity index is 748. The van der Waals surface area contributed by atoms with Gasteiger partial charge in [-0.2, -0.15) is 13.2 Å². The lowest BCUT2D eigenvalue weighted by molar-refractivity contribution is -0.137. The molecule has 1 unspecified atom stereocenters. The first-order chi connectivity index (χ1) is 11.7. The molecule has 1 heterocycles. The summed E-state index contributed by atoms with van der Waals surface area (Å²) in [6.45, 7) is 2.22. The highest BCUT2D eigenvalue weighted by atomic mass is 35.5. The highest BCUT2D eigenvalue weighted by molar-refractivity contribution is 7.80. The predicted molar refractivity (Wildman–Crippen MR) is 98.3 cm³/mol. The number of benzene rings is 1. The fourth-order valence-electron chi connectivity index (χ4n) is 2.21. The topological polar surface area (TPSA) is 37.0 Å². The third-order valence-electron chi connectivity index (χ3n) is 3.41. The maximum absolute atomic E-state index is 13.0. The number of nitrogens with one attached hydrogen (secondary N) is 2. The van der Waals surface area contributed by atoms with E-state index in [0.29, 0.717) is 16.6 Å². The zero-order valence-corrected chi connectivity index (χ0v) is 15.3. The molecule has 9 heteroatoms. The van der Waals surface area contributed by atoms with Crippen molar-refractivity contribution in [1.29, 1.82) is 0 Å². The molecule has 25 heavy (non-hydrogen) atoms. The fraction of sp³-hybridized carbons (Fsp3) is 0.250. The number of hydrogen-bond donors (Lipinski definition) is 2. The molecule has 0 bridgehead atoms. The van der Waals surface area contributed by atoms with Gasteiger partial charge < -0.3 is 10.6 Å². The summed E-state index contributed by atoms with van der Waals surface area (Å²) in [5, 5.41) is 6.40. The number of pyridine rings is 1. The first kappa shape index (κ1) is 19.8. The van der Waals surface area contributed by atoms with Gasteiger partial charge in [-0.15, -0.1) is 0 Å². The molecular weight excluding hydrogens is 394 g/mol. The van der Waals surface area contributed by atoms with Gasteiger partial charge in [0.2, 0.25) is 0 Å². The van der Waals surface area contributed by atoms with Crippen LogP contribution in [-0.4, -0.2) is 16.6 Å². The van der Waals surface area contributed by atoms with Crippen molar-refractivity contribution in [3.63, 3.8) is 0 Å². The third kappa shape index (κ3) is 5.20. The summed E-state index contributed by atoms with van der Waals surface area (Å²) in [4.78, 5) is 3.70. The molecule has 0 spiro atoms. The first-order valence-electron chi connectivity index (χ1n) is 7.21. The van der Waals surface area contributed by atoms with Crippen molar-refractivity contribution in [3.05, 3.63) is 57.7 Å². The average molecular weight is 408 g/mol. The van der Waals surface area contributed by atoms with Crippen LogP contribution in [0.4, 0.5) is 19.0 Å². The Morgan fingerprint density at radius 1 is 1.20 bits per heavy atom. The van der Waals surface area contributed by atoms with Crippen LogP contribution in [0.2, 0.25) is 10.0 Å². The summed E-state index contributed by atoms with van der Waals surface area (Å²) in [6, 6.07) is 7.33. The van der Waals surface area contributed by atoms with Gasteiger partial charge >= 0.3 is 6.18 Å². The highest BCUT2D eigenvalue weighted by Gasteiger charge is 2.34. The maximum atomic E-state index is 13.0. The smallest absolute Gasteiger partial charge is 0.362 e. The van der Waals surface area contributed by atoms with Crippen molar-refractivity contribution in [2.45, 2.75) is 19.0 Å². The van der Waals surface area contributed by atoms with E-state index in [1.807, 2.05) is 6.92 Å². The number of halogens is 5. The summed E-state index contributed by atoms with van der Waals surface area (Å²) in [7, 11) is 0. The molecule has 0 amide bonds. The Morgan fingerprint density at radius 2 is 1.84 bits per heavy atom. The number of thiocarbonyl (C=S) groups is 1. The lowest BCUT2D eigenvalue weighted by Crippen LogP contribution is -2.32. The molecule has 3 nitrogen and oxygen atoms in total.